The number of halogens is 3. The molecule has 0 bridgehead atoms. The standard InChI is InChI=1S/C15H13F3O3/c16-15(17,18)11-6-2-4-8-14(11)21-9-13(20)10-5-1-3-7-12(10)19/h1-8,13,19-20H,9H2. The summed E-state index contributed by atoms with van der Waals surface area (Å²) in [5, 5.41) is 19.5. The molecule has 2 rings (SSSR count). The Morgan fingerprint density at radius 2 is 1.62 bits per heavy atom. The Morgan fingerprint density at radius 3 is 2.29 bits per heavy atom. The Bertz CT molecular complexity index is 611. The van der Waals surface area contributed by atoms with Gasteiger partial charge in [0.05, 0.1) is 5.56 Å². The summed E-state index contributed by atoms with van der Waals surface area (Å²) in [4.78, 5) is 0. The molecule has 0 aliphatic carbocycles. The van der Waals surface area contributed by atoms with Gasteiger partial charge in [0.2, 0.25) is 0 Å². The number of ether oxygens (including phenoxy) is 1. The molecular formula is C15H13F3O3. The van der Waals surface area contributed by atoms with Crippen molar-refractivity contribution in [3.63, 3.8) is 0 Å². The first-order valence-electron chi connectivity index (χ1n) is 6.14. The van der Waals surface area contributed by atoms with Crippen LogP contribution in [0.2, 0.25) is 0 Å². The van der Waals surface area contributed by atoms with Gasteiger partial charge in [0.25, 0.3) is 0 Å². The largest absolute Gasteiger partial charge is 0.508 e. The molecule has 2 aromatic carbocycles. The maximum absolute atomic E-state index is 12.8. The molecule has 2 aromatic rings. The van der Waals surface area contributed by atoms with Crippen LogP contribution >= 0.6 is 0 Å². The number of rotatable bonds is 4. The second kappa shape index (κ2) is 6.05. The zero-order chi connectivity index (χ0) is 15.5. The minimum atomic E-state index is -4.53. The number of hydrogen-bond donors (Lipinski definition) is 2. The van der Waals surface area contributed by atoms with Crippen LogP contribution in [0, 0.1) is 0 Å². The summed E-state index contributed by atoms with van der Waals surface area (Å²) >= 11 is 0. The number of aliphatic hydroxyl groups is 1. The normalized spacial score (nSPS) is 13.0. The number of aromatic hydroxyl groups is 1. The number of alkyl halides is 3. The second-order valence-electron chi connectivity index (χ2n) is 4.38. The van der Waals surface area contributed by atoms with E-state index in [1.165, 1.54) is 30.3 Å². The Kier molecular flexibility index (Phi) is 4.37. The van der Waals surface area contributed by atoms with E-state index in [1.807, 2.05) is 0 Å². The van der Waals surface area contributed by atoms with Gasteiger partial charge in [0, 0.05) is 5.56 Å². The van der Waals surface area contributed by atoms with Crippen molar-refractivity contribution >= 4 is 0 Å². The van der Waals surface area contributed by atoms with E-state index in [1.54, 1.807) is 12.1 Å². The van der Waals surface area contributed by atoms with Crippen LogP contribution in [0.25, 0.3) is 0 Å². The van der Waals surface area contributed by atoms with Crippen LogP contribution in [0.3, 0.4) is 0 Å². The van der Waals surface area contributed by atoms with Crippen molar-refractivity contribution in [2.75, 3.05) is 6.61 Å². The van der Waals surface area contributed by atoms with Gasteiger partial charge in [0.15, 0.2) is 0 Å². The summed E-state index contributed by atoms with van der Waals surface area (Å²) < 4.78 is 43.4. The van der Waals surface area contributed by atoms with E-state index >= 15 is 0 Å². The van der Waals surface area contributed by atoms with Crippen molar-refractivity contribution in [2.45, 2.75) is 12.3 Å². The minimum absolute atomic E-state index is 0.141. The van der Waals surface area contributed by atoms with Crippen LogP contribution in [0.5, 0.6) is 11.5 Å². The van der Waals surface area contributed by atoms with E-state index in [0.717, 1.165) is 6.07 Å². The fraction of sp³-hybridized carbons (Fsp3) is 0.200. The Morgan fingerprint density at radius 1 is 1.00 bits per heavy atom. The quantitative estimate of drug-likeness (QED) is 0.908. The van der Waals surface area contributed by atoms with Gasteiger partial charge in [-0.25, -0.2) is 0 Å². The number of phenols is 1. The number of aliphatic hydroxyl groups excluding tert-OH is 1. The average molecular weight is 298 g/mol. The predicted octanol–water partition coefficient (Wildman–Crippen LogP) is 3.52. The van der Waals surface area contributed by atoms with Gasteiger partial charge in [-0.05, 0) is 18.2 Å². The summed E-state index contributed by atoms with van der Waals surface area (Å²) in [6, 6.07) is 10.8. The lowest BCUT2D eigenvalue weighted by Gasteiger charge is -2.17. The lowest BCUT2D eigenvalue weighted by atomic mass is 10.1. The zero-order valence-corrected chi connectivity index (χ0v) is 10.8. The molecule has 0 amide bonds. The molecule has 0 heterocycles. The lowest BCUT2D eigenvalue weighted by Crippen LogP contribution is -2.13. The third-order valence-electron chi connectivity index (χ3n) is 2.88. The van der Waals surface area contributed by atoms with E-state index in [4.69, 9.17) is 4.74 Å². The van der Waals surface area contributed by atoms with Crippen molar-refractivity contribution in [1.29, 1.82) is 0 Å². The van der Waals surface area contributed by atoms with E-state index in [-0.39, 0.29) is 17.1 Å². The van der Waals surface area contributed by atoms with Crippen LogP contribution in [-0.2, 0) is 6.18 Å². The van der Waals surface area contributed by atoms with Crippen LogP contribution < -0.4 is 4.74 Å². The zero-order valence-electron chi connectivity index (χ0n) is 10.8. The summed E-state index contributed by atoms with van der Waals surface area (Å²) in [5.74, 6) is -0.503. The van der Waals surface area contributed by atoms with E-state index < -0.39 is 24.5 Å². The van der Waals surface area contributed by atoms with Gasteiger partial charge in [-0.3, -0.25) is 0 Å². The molecule has 0 fully saturated rings. The third kappa shape index (κ3) is 3.66. The third-order valence-corrected chi connectivity index (χ3v) is 2.88. The highest BCUT2D eigenvalue weighted by atomic mass is 19.4. The van der Waals surface area contributed by atoms with Gasteiger partial charge in [-0.2, -0.15) is 13.2 Å². The maximum Gasteiger partial charge on any atom is 0.419 e. The highest BCUT2D eigenvalue weighted by Gasteiger charge is 2.34. The molecule has 0 aliphatic heterocycles. The van der Waals surface area contributed by atoms with Gasteiger partial charge >= 0.3 is 6.18 Å². The number of hydrogen-bond acceptors (Lipinski definition) is 3. The van der Waals surface area contributed by atoms with Gasteiger partial charge in [0.1, 0.15) is 24.2 Å². The number of para-hydroxylation sites is 2. The number of phenolic OH excluding ortho intramolecular Hbond substituents is 1. The Balaban J connectivity index is 2.12. The van der Waals surface area contributed by atoms with Crippen LogP contribution in [-0.4, -0.2) is 16.8 Å². The predicted molar refractivity (Wildman–Crippen MR) is 70.0 cm³/mol. The summed E-state index contributed by atoms with van der Waals surface area (Å²) in [6.07, 6.45) is -5.76. The highest BCUT2D eigenvalue weighted by Crippen LogP contribution is 2.36. The molecule has 1 atom stereocenters. The van der Waals surface area contributed by atoms with Crippen molar-refractivity contribution < 1.29 is 28.1 Å². The molecule has 3 nitrogen and oxygen atoms in total. The van der Waals surface area contributed by atoms with Gasteiger partial charge in [-0.15, -0.1) is 0 Å². The molecule has 21 heavy (non-hydrogen) atoms. The molecule has 0 spiro atoms. The first kappa shape index (κ1) is 15.2. The smallest absolute Gasteiger partial charge is 0.419 e. The molecule has 0 saturated carbocycles. The average Bonchev–Trinajstić information content (AvgIpc) is 2.44. The first-order valence-corrected chi connectivity index (χ1v) is 6.14. The molecule has 0 aliphatic rings. The molecule has 0 radical (unpaired) electrons. The van der Waals surface area contributed by atoms with Crippen molar-refractivity contribution in [1.82, 2.24) is 0 Å². The fourth-order valence-corrected chi connectivity index (χ4v) is 1.85. The van der Waals surface area contributed by atoms with E-state index in [0.29, 0.717) is 0 Å². The summed E-state index contributed by atoms with van der Waals surface area (Å²) in [6.45, 7) is -0.398. The summed E-state index contributed by atoms with van der Waals surface area (Å²) in [7, 11) is 0. The molecule has 6 heteroatoms. The Hall–Kier alpha value is -2.21. The molecule has 2 N–H and O–H groups in total. The van der Waals surface area contributed by atoms with Crippen molar-refractivity contribution in [3.05, 3.63) is 59.7 Å². The molecule has 1 unspecified atom stereocenters. The van der Waals surface area contributed by atoms with Crippen molar-refractivity contribution in [3.8, 4) is 11.5 Å². The first-order chi connectivity index (χ1) is 9.89. The minimum Gasteiger partial charge on any atom is -0.508 e. The monoisotopic (exact) mass is 298 g/mol. The summed E-state index contributed by atoms with van der Waals surface area (Å²) in [5.41, 5.74) is -0.712. The van der Waals surface area contributed by atoms with Gasteiger partial charge < -0.3 is 14.9 Å². The highest BCUT2D eigenvalue weighted by molar-refractivity contribution is 5.36. The van der Waals surface area contributed by atoms with Crippen LogP contribution in [0.15, 0.2) is 48.5 Å². The number of benzene rings is 2. The van der Waals surface area contributed by atoms with Crippen LogP contribution in [0.1, 0.15) is 17.2 Å². The maximum atomic E-state index is 12.8. The second-order valence-corrected chi connectivity index (χ2v) is 4.38. The fourth-order valence-electron chi connectivity index (χ4n) is 1.85. The van der Waals surface area contributed by atoms with E-state index in [9.17, 15) is 23.4 Å². The SMILES string of the molecule is Oc1ccccc1C(O)COc1ccccc1C(F)(F)F. The molecule has 112 valence electrons. The van der Waals surface area contributed by atoms with Gasteiger partial charge in [-0.1, -0.05) is 30.3 Å². The van der Waals surface area contributed by atoms with Crippen LogP contribution in [0.4, 0.5) is 13.2 Å². The molecular weight excluding hydrogens is 285 g/mol. The molecule has 0 aromatic heterocycles. The topological polar surface area (TPSA) is 49.7 Å². The Labute approximate surface area is 119 Å². The lowest BCUT2D eigenvalue weighted by molar-refractivity contribution is -0.139. The van der Waals surface area contributed by atoms with Crippen molar-refractivity contribution in [2.24, 2.45) is 0 Å². The molecule has 0 saturated heterocycles. The van der Waals surface area contributed by atoms with E-state index in [2.05, 4.69) is 0 Å².